The molecule has 1 heterocycles. The normalized spacial score (nSPS) is 22.0. The SMILES string of the molecule is CCC1c2c(cccc2OC)CCN1C(=O)CNCC1(O)CCCCC1. The topological polar surface area (TPSA) is 61.8 Å². The number of methoxy groups -OCH3 is 1. The molecule has 0 saturated heterocycles. The predicted octanol–water partition coefficient (Wildman–Crippen LogP) is 2.82. The molecule has 5 nitrogen and oxygen atoms in total. The number of hydrogen-bond acceptors (Lipinski definition) is 4. The molecule has 144 valence electrons. The van der Waals surface area contributed by atoms with Gasteiger partial charge in [-0.2, -0.15) is 0 Å². The molecular formula is C21H32N2O3. The van der Waals surface area contributed by atoms with Crippen LogP contribution in [0.25, 0.3) is 0 Å². The summed E-state index contributed by atoms with van der Waals surface area (Å²) < 4.78 is 5.56. The molecule has 1 unspecified atom stereocenters. The van der Waals surface area contributed by atoms with E-state index < -0.39 is 5.60 Å². The average molecular weight is 360 g/mol. The molecule has 1 saturated carbocycles. The van der Waals surface area contributed by atoms with Crippen molar-refractivity contribution in [3.8, 4) is 5.75 Å². The number of aliphatic hydroxyl groups is 1. The lowest BCUT2D eigenvalue weighted by molar-refractivity contribution is -0.133. The van der Waals surface area contributed by atoms with E-state index >= 15 is 0 Å². The lowest BCUT2D eigenvalue weighted by Crippen LogP contribution is -2.48. The number of carbonyl (C=O) groups is 1. The summed E-state index contributed by atoms with van der Waals surface area (Å²) >= 11 is 0. The van der Waals surface area contributed by atoms with Crippen molar-refractivity contribution in [3.63, 3.8) is 0 Å². The zero-order valence-electron chi connectivity index (χ0n) is 16.1. The largest absolute Gasteiger partial charge is 0.496 e. The summed E-state index contributed by atoms with van der Waals surface area (Å²) in [6.45, 7) is 3.64. The van der Waals surface area contributed by atoms with E-state index in [2.05, 4.69) is 18.3 Å². The van der Waals surface area contributed by atoms with Gasteiger partial charge in [-0.05, 0) is 37.3 Å². The van der Waals surface area contributed by atoms with Gasteiger partial charge in [0.1, 0.15) is 5.75 Å². The van der Waals surface area contributed by atoms with Crippen LogP contribution in [0.15, 0.2) is 18.2 Å². The molecule has 1 atom stereocenters. The fourth-order valence-electron chi connectivity index (χ4n) is 4.53. The van der Waals surface area contributed by atoms with Crippen molar-refractivity contribution in [1.82, 2.24) is 10.2 Å². The van der Waals surface area contributed by atoms with Crippen LogP contribution in [0.2, 0.25) is 0 Å². The number of nitrogens with one attached hydrogen (secondary N) is 1. The Bertz CT molecular complexity index is 611. The summed E-state index contributed by atoms with van der Waals surface area (Å²) in [7, 11) is 1.69. The summed E-state index contributed by atoms with van der Waals surface area (Å²) in [4.78, 5) is 14.8. The lowest BCUT2D eigenvalue weighted by Gasteiger charge is -2.38. The van der Waals surface area contributed by atoms with Gasteiger partial charge in [0.2, 0.25) is 5.91 Å². The van der Waals surface area contributed by atoms with E-state index in [0.717, 1.165) is 56.4 Å². The zero-order valence-corrected chi connectivity index (χ0v) is 16.1. The van der Waals surface area contributed by atoms with Crippen molar-refractivity contribution in [3.05, 3.63) is 29.3 Å². The Morgan fingerprint density at radius 3 is 2.81 bits per heavy atom. The van der Waals surface area contributed by atoms with Crippen molar-refractivity contribution < 1.29 is 14.6 Å². The molecule has 0 bridgehead atoms. The number of ether oxygens (including phenoxy) is 1. The van der Waals surface area contributed by atoms with Gasteiger partial charge in [-0.1, -0.05) is 38.3 Å². The first-order valence-electron chi connectivity index (χ1n) is 9.96. The van der Waals surface area contributed by atoms with Gasteiger partial charge in [0.15, 0.2) is 0 Å². The summed E-state index contributed by atoms with van der Waals surface area (Å²) in [5, 5.41) is 13.8. The van der Waals surface area contributed by atoms with Crippen LogP contribution in [-0.4, -0.2) is 48.3 Å². The third kappa shape index (κ3) is 4.04. The minimum Gasteiger partial charge on any atom is -0.496 e. The Morgan fingerprint density at radius 2 is 2.12 bits per heavy atom. The Morgan fingerprint density at radius 1 is 1.35 bits per heavy atom. The molecule has 0 radical (unpaired) electrons. The third-order valence-corrected chi connectivity index (χ3v) is 5.93. The van der Waals surface area contributed by atoms with Gasteiger partial charge < -0.3 is 20.1 Å². The molecule has 2 aliphatic rings. The standard InChI is InChI=1S/C21H32N2O3/c1-3-17-20-16(8-7-9-18(20)26-2)10-13-23(17)19(24)14-22-15-21(25)11-5-4-6-12-21/h7-9,17,22,25H,3-6,10-15H2,1-2H3. The zero-order chi connectivity index (χ0) is 18.6. The van der Waals surface area contributed by atoms with Crippen LogP contribution >= 0.6 is 0 Å². The van der Waals surface area contributed by atoms with E-state index in [1.807, 2.05) is 17.0 Å². The molecule has 1 aliphatic heterocycles. The van der Waals surface area contributed by atoms with Crippen molar-refractivity contribution >= 4 is 5.91 Å². The fraction of sp³-hybridized carbons (Fsp3) is 0.667. The Balaban J connectivity index is 1.64. The maximum absolute atomic E-state index is 12.9. The summed E-state index contributed by atoms with van der Waals surface area (Å²) in [5.41, 5.74) is 1.80. The van der Waals surface area contributed by atoms with Crippen LogP contribution < -0.4 is 10.1 Å². The van der Waals surface area contributed by atoms with Crippen LogP contribution in [0, 0.1) is 0 Å². The van der Waals surface area contributed by atoms with Gasteiger partial charge in [0.05, 0.1) is 25.3 Å². The van der Waals surface area contributed by atoms with E-state index in [4.69, 9.17) is 4.74 Å². The number of amides is 1. The smallest absolute Gasteiger partial charge is 0.237 e. The van der Waals surface area contributed by atoms with Gasteiger partial charge in [-0.25, -0.2) is 0 Å². The molecule has 0 spiro atoms. The Hall–Kier alpha value is -1.59. The highest BCUT2D eigenvalue weighted by atomic mass is 16.5. The van der Waals surface area contributed by atoms with Gasteiger partial charge in [-0.15, -0.1) is 0 Å². The maximum atomic E-state index is 12.9. The van der Waals surface area contributed by atoms with Crippen molar-refractivity contribution in [1.29, 1.82) is 0 Å². The number of hydrogen-bond donors (Lipinski definition) is 2. The molecule has 3 rings (SSSR count). The Kier molecular flexibility index (Phi) is 6.20. The molecule has 1 aliphatic carbocycles. The Labute approximate surface area is 156 Å². The quantitative estimate of drug-likeness (QED) is 0.819. The molecule has 1 amide bonds. The highest BCUT2D eigenvalue weighted by Gasteiger charge is 2.33. The highest BCUT2D eigenvalue weighted by molar-refractivity contribution is 5.79. The summed E-state index contributed by atoms with van der Waals surface area (Å²) in [5.74, 6) is 0.976. The van der Waals surface area contributed by atoms with Gasteiger partial charge in [0.25, 0.3) is 0 Å². The molecule has 1 fully saturated rings. The van der Waals surface area contributed by atoms with Crippen LogP contribution in [0.3, 0.4) is 0 Å². The first-order chi connectivity index (χ1) is 12.6. The second kappa shape index (κ2) is 8.40. The molecule has 26 heavy (non-hydrogen) atoms. The minimum absolute atomic E-state index is 0.0574. The number of nitrogens with zero attached hydrogens (tertiary/aromatic N) is 1. The fourth-order valence-corrected chi connectivity index (χ4v) is 4.53. The van der Waals surface area contributed by atoms with Gasteiger partial charge >= 0.3 is 0 Å². The summed E-state index contributed by atoms with van der Waals surface area (Å²) in [6, 6.07) is 6.20. The first kappa shape index (κ1) is 19.2. The molecule has 1 aromatic carbocycles. The lowest BCUT2D eigenvalue weighted by atomic mass is 9.85. The summed E-state index contributed by atoms with van der Waals surface area (Å²) in [6.07, 6.45) is 6.75. The van der Waals surface area contributed by atoms with E-state index in [0.29, 0.717) is 6.54 Å². The minimum atomic E-state index is -0.638. The molecular weight excluding hydrogens is 328 g/mol. The number of fused-ring (bicyclic) bond motifs is 1. The second-order valence-electron chi connectivity index (χ2n) is 7.68. The van der Waals surface area contributed by atoms with Crippen LogP contribution in [0.4, 0.5) is 0 Å². The third-order valence-electron chi connectivity index (χ3n) is 5.93. The van der Waals surface area contributed by atoms with Crippen molar-refractivity contribution in [2.75, 3.05) is 26.7 Å². The average Bonchev–Trinajstić information content (AvgIpc) is 2.66. The number of carbonyl (C=O) groups excluding carboxylic acids is 1. The van der Waals surface area contributed by atoms with Crippen LogP contribution in [0.5, 0.6) is 5.75 Å². The number of benzene rings is 1. The molecule has 5 heteroatoms. The van der Waals surface area contributed by atoms with Crippen LogP contribution in [0.1, 0.15) is 62.6 Å². The molecule has 1 aromatic rings. The van der Waals surface area contributed by atoms with E-state index in [9.17, 15) is 9.90 Å². The number of rotatable bonds is 6. The van der Waals surface area contributed by atoms with Crippen LogP contribution in [-0.2, 0) is 11.2 Å². The maximum Gasteiger partial charge on any atom is 0.237 e. The molecule has 0 aromatic heterocycles. The van der Waals surface area contributed by atoms with Crippen molar-refractivity contribution in [2.24, 2.45) is 0 Å². The van der Waals surface area contributed by atoms with E-state index in [1.165, 1.54) is 12.0 Å². The van der Waals surface area contributed by atoms with Crippen molar-refractivity contribution in [2.45, 2.75) is 63.5 Å². The highest BCUT2D eigenvalue weighted by Crippen LogP contribution is 2.38. The second-order valence-corrected chi connectivity index (χ2v) is 7.68. The predicted molar refractivity (Wildman–Crippen MR) is 102 cm³/mol. The molecule has 2 N–H and O–H groups in total. The van der Waals surface area contributed by atoms with E-state index in [-0.39, 0.29) is 18.5 Å². The van der Waals surface area contributed by atoms with Gasteiger partial charge in [0, 0.05) is 18.7 Å². The van der Waals surface area contributed by atoms with Gasteiger partial charge in [-0.3, -0.25) is 4.79 Å². The van der Waals surface area contributed by atoms with E-state index in [1.54, 1.807) is 7.11 Å². The monoisotopic (exact) mass is 360 g/mol. The first-order valence-corrected chi connectivity index (χ1v) is 9.96.